The maximum atomic E-state index is 5.44. The summed E-state index contributed by atoms with van der Waals surface area (Å²) in [6.45, 7) is 5.47. The van der Waals surface area contributed by atoms with Crippen molar-refractivity contribution in [3.63, 3.8) is 0 Å². The third-order valence-corrected chi connectivity index (χ3v) is 2.17. The smallest absolute Gasteiger partial charge is 0.152 e. The molecule has 0 atom stereocenters. The second-order valence-corrected chi connectivity index (χ2v) is 3.78. The molecule has 0 saturated heterocycles. The first kappa shape index (κ1) is 10.9. The molecule has 5 nitrogen and oxygen atoms in total. The summed E-state index contributed by atoms with van der Waals surface area (Å²) in [7, 11) is 0. The van der Waals surface area contributed by atoms with E-state index in [1.165, 1.54) is 0 Å². The van der Waals surface area contributed by atoms with Crippen LogP contribution in [0.15, 0.2) is 24.7 Å². The summed E-state index contributed by atoms with van der Waals surface area (Å²) in [6, 6.07) is 1.93. The number of rotatable bonds is 5. The molecule has 2 aromatic heterocycles. The molecule has 0 unspecified atom stereocenters. The predicted octanol–water partition coefficient (Wildman–Crippen LogP) is 1.57. The number of nitrogens with one attached hydrogen (secondary N) is 1. The first-order chi connectivity index (χ1) is 7.77. The summed E-state index contributed by atoms with van der Waals surface area (Å²) < 4.78 is 7.23. The lowest BCUT2D eigenvalue weighted by molar-refractivity contribution is 0.0870. The molecule has 5 heteroatoms. The number of ether oxygens (including phenoxy) is 1. The standard InChI is InChI=1S/C11H16N4O/c1-9(2)16-8-6-13-11-10-3-4-14-15(10)7-5-12-11/h3-5,7,9H,6,8H2,1-2H3,(H,12,13). The maximum absolute atomic E-state index is 5.44. The van der Waals surface area contributed by atoms with Gasteiger partial charge in [-0.05, 0) is 19.9 Å². The quantitative estimate of drug-likeness (QED) is 0.777. The Balaban J connectivity index is 1.96. The Bertz CT molecular complexity index is 452. The van der Waals surface area contributed by atoms with Gasteiger partial charge in [0.25, 0.3) is 0 Å². The molecule has 0 bridgehead atoms. The molecular weight excluding hydrogens is 204 g/mol. The fraction of sp³-hybridized carbons (Fsp3) is 0.455. The van der Waals surface area contributed by atoms with Gasteiger partial charge in [-0.2, -0.15) is 5.10 Å². The Hall–Kier alpha value is -1.62. The van der Waals surface area contributed by atoms with Crippen LogP contribution in [0.1, 0.15) is 13.8 Å². The first-order valence-electron chi connectivity index (χ1n) is 5.41. The Morgan fingerprint density at radius 2 is 2.31 bits per heavy atom. The van der Waals surface area contributed by atoms with Crippen molar-refractivity contribution in [1.29, 1.82) is 0 Å². The van der Waals surface area contributed by atoms with Crippen LogP contribution in [-0.2, 0) is 4.74 Å². The van der Waals surface area contributed by atoms with E-state index in [9.17, 15) is 0 Å². The molecule has 0 fully saturated rings. The summed E-state index contributed by atoms with van der Waals surface area (Å²) >= 11 is 0. The molecular formula is C11H16N4O. The van der Waals surface area contributed by atoms with Gasteiger partial charge >= 0.3 is 0 Å². The van der Waals surface area contributed by atoms with E-state index < -0.39 is 0 Å². The predicted molar refractivity (Wildman–Crippen MR) is 62.6 cm³/mol. The van der Waals surface area contributed by atoms with Gasteiger partial charge in [0.15, 0.2) is 5.82 Å². The molecule has 0 aliphatic carbocycles. The first-order valence-corrected chi connectivity index (χ1v) is 5.41. The SMILES string of the molecule is CC(C)OCCNc1nccn2nccc12. The summed E-state index contributed by atoms with van der Waals surface area (Å²) in [5.74, 6) is 0.840. The topological polar surface area (TPSA) is 51.5 Å². The summed E-state index contributed by atoms with van der Waals surface area (Å²) in [4.78, 5) is 4.27. The molecule has 2 rings (SSSR count). The second kappa shape index (κ2) is 4.94. The van der Waals surface area contributed by atoms with Crippen LogP contribution in [0.3, 0.4) is 0 Å². The third kappa shape index (κ3) is 2.49. The number of fused-ring (bicyclic) bond motifs is 1. The fourth-order valence-corrected chi connectivity index (χ4v) is 1.46. The number of anilines is 1. The van der Waals surface area contributed by atoms with Gasteiger partial charge < -0.3 is 10.1 Å². The lowest BCUT2D eigenvalue weighted by atomic mass is 10.4. The number of hydrogen-bond acceptors (Lipinski definition) is 4. The Morgan fingerprint density at radius 1 is 1.44 bits per heavy atom. The molecule has 1 N–H and O–H groups in total. The monoisotopic (exact) mass is 220 g/mol. The van der Waals surface area contributed by atoms with Crippen LogP contribution in [0.2, 0.25) is 0 Å². The van der Waals surface area contributed by atoms with Crippen LogP contribution in [0.4, 0.5) is 5.82 Å². The van der Waals surface area contributed by atoms with E-state index in [0.29, 0.717) is 6.61 Å². The lowest BCUT2D eigenvalue weighted by Gasteiger charge is -2.09. The Labute approximate surface area is 94.4 Å². The van der Waals surface area contributed by atoms with Crippen LogP contribution in [0.5, 0.6) is 0 Å². The van der Waals surface area contributed by atoms with Gasteiger partial charge in [-0.3, -0.25) is 0 Å². The van der Waals surface area contributed by atoms with Crippen LogP contribution in [0, 0.1) is 0 Å². The zero-order chi connectivity index (χ0) is 11.4. The average Bonchev–Trinajstić information content (AvgIpc) is 2.72. The van der Waals surface area contributed by atoms with E-state index in [4.69, 9.17) is 4.74 Å². The molecule has 0 amide bonds. The van der Waals surface area contributed by atoms with E-state index in [2.05, 4.69) is 15.4 Å². The van der Waals surface area contributed by atoms with Gasteiger partial charge in [-0.25, -0.2) is 9.50 Å². The fourth-order valence-electron chi connectivity index (χ4n) is 1.46. The normalized spacial score (nSPS) is 11.2. The number of nitrogens with zero attached hydrogens (tertiary/aromatic N) is 3. The average molecular weight is 220 g/mol. The van der Waals surface area contributed by atoms with Crippen molar-refractivity contribution in [3.05, 3.63) is 24.7 Å². The lowest BCUT2D eigenvalue weighted by Crippen LogP contribution is -2.14. The highest BCUT2D eigenvalue weighted by Crippen LogP contribution is 2.11. The zero-order valence-electron chi connectivity index (χ0n) is 9.55. The summed E-state index contributed by atoms with van der Waals surface area (Å²) in [6.07, 6.45) is 5.57. The van der Waals surface area contributed by atoms with E-state index in [1.54, 1.807) is 16.9 Å². The molecule has 0 aliphatic heterocycles. The van der Waals surface area contributed by atoms with Crippen molar-refractivity contribution in [1.82, 2.24) is 14.6 Å². The van der Waals surface area contributed by atoms with Crippen molar-refractivity contribution in [3.8, 4) is 0 Å². The minimum Gasteiger partial charge on any atom is -0.377 e. The molecule has 2 heterocycles. The molecule has 2 aromatic rings. The summed E-state index contributed by atoms with van der Waals surface area (Å²) in [5.41, 5.74) is 0.979. The van der Waals surface area contributed by atoms with E-state index >= 15 is 0 Å². The van der Waals surface area contributed by atoms with Crippen molar-refractivity contribution >= 4 is 11.3 Å². The van der Waals surface area contributed by atoms with Gasteiger partial charge in [0.2, 0.25) is 0 Å². The van der Waals surface area contributed by atoms with Crippen molar-refractivity contribution < 1.29 is 4.74 Å². The minimum absolute atomic E-state index is 0.264. The molecule has 16 heavy (non-hydrogen) atoms. The number of hydrogen-bond donors (Lipinski definition) is 1. The molecule has 0 aliphatic rings. The highest BCUT2D eigenvalue weighted by atomic mass is 16.5. The third-order valence-electron chi connectivity index (χ3n) is 2.17. The summed E-state index contributed by atoms with van der Waals surface area (Å²) in [5, 5.41) is 7.37. The molecule has 0 saturated carbocycles. The molecule has 0 aromatic carbocycles. The van der Waals surface area contributed by atoms with Gasteiger partial charge in [0.05, 0.1) is 18.9 Å². The second-order valence-electron chi connectivity index (χ2n) is 3.78. The van der Waals surface area contributed by atoms with E-state index in [1.807, 2.05) is 26.1 Å². The van der Waals surface area contributed by atoms with E-state index in [0.717, 1.165) is 17.9 Å². The highest BCUT2D eigenvalue weighted by molar-refractivity contribution is 5.66. The van der Waals surface area contributed by atoms with Crippen molar-refractivity contribution in [2.45, 2.75) is 20.0 Å². The van der Waals surface area contributed by atoms with Crippen molar-refractivity contribution in [2.24, 2.45) is 0 Å². The Kier molecular flexibility index (Phi) is 3.36. The van der Waals surface area contributed by atoms with Crippen LogP contribution >= 0.6 is 0 Å². The van der Waals surface area contributed by atoms with Crippen LogP contribution in [-0.4, -0.2) is 33.9 Å². The Morgan fingerprint density at radius 3 is 3.12 bits per heavy atom. The van der Waals surface area contributed by atoms with Gasteiger partial charge in [-0.15, -0.1) is 0 Å². The molecule has 0 radical (unpaired) electrons. The van der Waals surface area contributed by atoms with Crippen LogP contribution in [0.25, 0.3) is 5.52 Å². The molecule has 0 spiro atoms. The van der Waals surface area contributed by atoms with Gasteiger partial charge in [0.1, 0.15) is 5.52 Å². The molecule has 86 valence electrons. The maximum Gasteiger partial charge on any atom is 0.152 e. The largest absolute Gasteiger partial charge is 0.377 e. The minimum atomic E-state index is 0.264. The zero-order valence-corrected chi connectivity index (χ0v) is 9.55. The highest BCUT2D eigenvalue weighted by Gasteiger charge is 2.01. The van der Waals surface area contributed by atoms with Gasteiger partial charge in [0, 0.05) is 18.9 Å². The van der Waals surface area contributed by atoms with Gasteiger partial charge in [-0.1, -0.05) is 0 Å². The van der Waals surface area contributed by atoms with Crippen LogP contribution < -0.4 is 5.32 Å². The number of aromatic nitrogens is 3. The van der Waals surface area contributed by atoms with Crippen molar-refractivity contribution in [2.75, 3.05) is 18.5 Å². The van der Waals surface area contributed by atoms with E-state index in [-0.39, 0.29) is 6.10 Å².